The molecule has 3 unspecified atom stereocenters. The van der Waals surface area contributed by atoms with Crippen LogP contribution in [0.5, 0.6) is 0 Å². The Morgan fingerprint density at radius 1 is 1.39 bits per heavy atom. The van der Waals surface area contributed by atoms with Crippen LogP contribution < -0.4 is 0 Å². The maximum atomic E-state index is 13.4. The largest absolute Gasteiger partial charge is 0.207 e. The van der Waals surface area contributed by atoms with Crippen LogP contribution >= 0.6 is 11.6 Å². The third-order valence-corrected chi connectivity index (χ3v) is 5.75. The van der Waals surface area contributed by atoms with Gasteiger partial charge in [0.15, 0.2) is 0 Å². The number of alkyl halides is 1. The molecule has 1 aromatic carbocycles. The first-order valence-corrected chi connectivity index (χ1v) is 7.47. The van der Waals surface area contributed by atoms with E-state index in [4.69, 9.17) is 11.6 Å². The molecule has 0 spiro atoms. The highest BCUT2D eigenvalue weighted by atomic mass is 35.5. The lowest BCUT2D eigenvalue weighted by atomic mass is 9.70. The highest BCUT2D eigenvalue weighted by Gasteiger charge is 2.50. The fourth-order valence-corrected chi connectivity index (χ4v) is 4.62. The smallest absolute Gasteiger partial charge is 0.123 e. The summed E-state index contributed by atoms with van der Waals surface area (Å²) >= 11 is 6.31. The van der Waals surface area contributed by atoms with Gasteiger partial charge >= 0.3 is 0 Å². The molecule has 2 aliphatic carbocycles. The van der Waals surface area contributed by atoms with E-state index in [1.54, 1.807) is 12.1 Å². The zero-order chi connectivity index (χ0) is 12.8. The molecule has 2 saturated carbocycles. The minimum atomic E-state index is -0.122. The molecule has 0 saturated heterocycles. The molecule has 0 heterocycles. The third-order valence-electron chi connectivity index (χ3n) is 5.22. The van der Waals surface area contributed by atoms with Gasteiger partial charge in [-0.05, 0) is 73.1 Å². The van der Waals surface area contributed by atoms with Gasteiger partial charge in [0.05, 0.1) is 0 Å². The lowest BCUT2D eigenvalue weighted by Crippen LogP contribution is -2.32. The summed E-state index contributed by atoms with van der Waals surface area (Å²) in [7, 11) is 0. The standard InChI is InChI=1S/C16H20ClF/c1-11-2-5-15(18)7-13(11)9-16(10-17)8-12-3-4-14(16)6-12/h2,5,7,12,14H,3-4,6,8-10H2,1H3. The van der Waals surface area contributed by atoms with E-state index in [9.17, 15) is 4.39 Å². The van der Waals surface area contributed by atoms with Crippen molar-refractivity contribution in [2.45, 2.75) is 39.0 Å². The van der Waals surface area contributed by atoms with Crippen molar-refractivity contribution in [1.82, 2.24) is 0 Å². The van der Waals surface area contributed by atoms with Gasteiger partial charge < -0.3 is 0 Å². The summed E-state index contributed by atoms with van der Waals surface area (Å²) in [5, 5.41) is 0. The Morgan fingerprint density at radius 2 is 2.22 bits per heavy atom. The Bertz CT molecular complexity index is 456. The van der Waals surface area contributed by atoms with Crippen molar-refractivity contribution in [1.29, 1.82) is 0 Å². The Kier molecular flexibility index (Phi) is 3.13. The Hall–Kier alpha value is -0.560. The summed E-state index contributed by atoms with van der Waals surface area (Å²) in [6.45, 7) is 2.07. The van der Waals surface area contributed by atoms with Crippen LogP contribution in [0.25, 0.3) is 0 Å². The fourth-order valence-electron chi connectivity index (χ4n) is 4.20. The van der Waals surface area contributed by atoms with Crippen molar-refractivity contribution >= 4 is 11.6 Å². The maximum Gasteiger partial charge on any atom is 0.123 e. The number of benzene rings is 1. The van der Waals surface area contributed by atoms with Gasteiger partial charge in [-0.3, -0.25) is 0 Å². The minimum absolute atomic E-state index is 0.122. The van der Waals surface area contributed by atoms with Gasteiger partial charge in [0.25, 0.3) is 0 Å². The van der Waals surface area contributed by atoms with E-state index in [0.29, 0.717) is 0 Å². The quantitative estimate of drug-likeness (QED) is 0.695. The summed E-state index contributed by atoms with van der Waals surface area (Å²) in [6.07, 6.45) is 6.26. The van der Waals surface area contributed by atoms with Gasteiger partial charge in [-0.15, -0.1) is 11.6 Å². The van der Waals surface area contributed by atoms with Crippen molar-refractivity contribution in [3.63, 3.8) is 0 Å². The Balaban J connectivity index is 1.88. The van der Waals surface area contributed by atoms with Crippen molar-refractivity contribution in [3.05, 3.63) is 35.1 Å². The predicted octanol–water partition coefficient (Wildman–Crippen LogP) is 4.72. The van der Waals surface area contributed by atoms with Gasteiger partial charge in [-0.1, -0.05) is 12.5 Å². The molecule has 2 heteroatoms. The average Bonchev–Trinajstić information content (AvgIpc) is 2.94. The van der Waals surface area contributed by atoms with Gasteiger partial charge in [0, 0.05) is 5.88 Å². The molecule has 0 aromatic heterocycles. The highest BCUT2D eigenvalue weighted by Crippen LogP contribution is 2.57. The fraction of sp³-hybridized carbons (Fsp3) is 0.625. The molecule has 0 radical (unpaired) electrons. The number of halogens is 2. The van der Waals surface area contributed by atoms with Crippen LogP contribution in [-0.2, 0) is 6.42 Å². The number of aryl methyl sites for hydroxylation is 1. The summed E-state index contributed by atoms with van der Waals surface area (Å²) in [5.74, 6) is 2.25. The monoisotopic (exact) mass is 266 g/mol. The van der Waals surface area contributed by atoms with E-state index >= 15 is 0 Å². The van der Waals surface area contributed by atoms with E-state index in [2.05, 4.69) is 6.92 Å². The molecule has 3 atom stereocenters. The molecule has 98 valence electrons. The third kappa shape index (κ3) is 1.97. The topological polar surface area (TPSA) is 0 Å². The first-order valence-electron chi connectivity index (χ1n) is 6.94. The first kappa shape index (κ1) is 12.5. The van der Waals surface area contributed by atoms with Gasteiger partial charge in [0.1, 0.15) is 5.82 Å². The second-order valence-electron chi connectivity index (χ2n) is 6.32. The van der Waals surface area contributed by atoms with Crippen LogP contribution in [0.1, 0.15) is 36.8 Å². The summed E-state index contributed by atoms with van der Waals surface area (Å²) in [5.41, 5.74) is 2.59. The molecule has 0 aliphatic heterocycles. The summed E-state index contributed by atoms with van der Waals surface area (Å²) in [4.78, 5) is 0. The van der Waals surface area contributed by atoms with Gasteiger partial charge in [-0.2, -0.15) is 0 Å². The van der Waals surface area contributed by atoms with Crippen molar-refractivity contribution in [2.75, 3.05) is 5.88 Å². The van der Waals surface area contributed by atoms with Crippen LogP contribution in [0.2, 0.25) is 0 Å². The van der Waals surface area contributed by atoms with E-state index in [0.717, 1.165) is 29.7 Å². The van der Waals surface area contributed by atoms with Gasteiger partial charge in [-0.25, -0.2) is 4.39 Å². The highest BCUT2D eigenvalue weighted by molar-refractivity contribution is 6.18. The van der Waals surface area contributed by atoms with Gasteiger partial charge in [0.2, 0.25) is 0 Å². The van der Waals surface area contributed by atoms with Crippen LogP contribution in [0.3, 0.4) is 0 Å². The van der Waals surface area contributed by atoms with E-state index in [1.165, 1.54) is 31.2 Å². The van der Waals surface area contributed by atoms with Crippen molar-refractivity contribution in [3.8, 4) is 0 Å². The summed E-state index contributed by atoms with van der Waals surface area (Å²) in [6, 6.07) is 5.14. The van der Waals surface area contributed by atoms with Crippen LogP contribution in [0.15, 0.2) is 18.2 Å². The molecule has 0 N–H and O–H groups in total. The lowest BCUT2D eigenvalue weighted by Gasteiger charge is -2.36. The average molecular weight is 267 g/mol. The number of rotatable bonds is 3. The molecular weight excluding hydrogens is 247 g/mol. The number of hydrogen-bond acceptors (Lipinski definition) is 0. The molecule has 0 amide bonds. The molecule has 0 nitrogen and oxygen atoms in total. The van der Waals surface area contributed by atoms with Crippen molar-refractivity contribution in [2.24, 2.45) is 17.3 Å². The van der Waals surface area contributed by atoms with E-state index in [-0.39, 0.29) is 11.2 Å². The van der Waals surface area contributed by atoms with E-state index < -0.39 is 0 Å². The number of fused-ring (bicyclic) bond motifs is 2. The van der Waals surface area contributed by atoms with E-state index in [1.807, 2.05) is 6.07 Å². The predicted molar refractivity (Wildman–Crippen MR) is 73.4 cm³/mol. The second kappa shape index (κ2) is 4.52. The maximum absolute atomic E-state index is 13.4. The zero-order valence-electron chi connectivity index (χ0n) is 10.9. The molecule has 1 aromatic rings. The molecule has 3 rings (SSSR count). The Morgan fingerprint density at radius 3 is 2.83 bits per heavy atom. The van der Waals surface area contributed by atoms with Crippen LogP contribution in [0.4, 0.5) is 4.39 Å². The van der Waals surface area contributed by atoms with Crippen LogP contribution in [0, 0.1) is 30.0 Å². The number of hydrogen-bond donors (Lipinski definition) is 0. The normalized spacial score (nSPS) is 34.2. The SMILES string of the molecule is Cc1ccc(F)cc1CC1(CCl)CC2CCC1C2. The molecule has 2 aliphatic rings. The van der Waals surface area contributed by atoms with Crippen molar-refractivity contribution < 1.29 is 4.39 Å². The lowest BCUT2D eigenvalue weighted by molar-refractivity contribution is 0.192. The first-order chi connectivity index (χ1) is 8.63. The Labute approximate surface area is 114 Å². The zero-order valence-corrected chi connectivity index (χ0v) is 11.6. The summed E-state index contributed by atoms with van der Waals surface area (Å²) < 4.78 is 13.4. The molecular formula is C16H20ClF. The molecule has 2 fully saturated rings. The molecule has 18 heavy (non-hydrogen) atoms. The minimum Gasteiger partial charge on any atom is -0.207 e. The molecule has 2 bridgehead atoms. The van der Waals surface area contributed by atoms with Crippen LogP contribution in [-0.4, -0.2) is 5.88 Å². The second-order valence-corrected chi connectivity index (χ2v) is 6.59.